The number of nitrogens with zero attached hydrogens (tertiary/aromatic N) is 1. The number of ether oxygens (including phenoxy) is 1. The SMILES string of the molecule is NC(=O)[C@@H]1CN(C(=O)[C@@]2(Cc3ccccc3)C[C@H]3CC[C@H]2C3)CCO1. The highest BCUT2D eigenvalue weighted by Crippen LogP contribution is 2.58. The molecule has 1 heterocycles. The molecule has 5 heteroatoms. The Hall–Kier alpha value is -1.88. The van der Waals surface area contributed by atoms with Gasteiger partial charge in [0.1, 0.15) is 0 Å². The first kappa shape index (κ1) is 16.6. The van der Waals surface area contributed by atoms with Gasteiger partial charge in [0.05, 0.1) is 18.6 Å². The lowest BCUT2D eigenvalue weighted by atomic mass is 9.68. The third-order valence-electron chi connectivity index (χ3n) is 6.43. The van der Waals surface area contributed by atoms with Gasteiger partial charge in [-0.1, -0.05) is 36.8 Å². The highest BCUT2D eigenvalue weighted by Gasteiger charge is 2.56. The lowest BCUT2D eigenvalue weighted by Crippen LogP contribution is -2.56. The number of hydrogen-bond acceptors (Lipinski definition) is 3. The zero-order valence-corrected chi connectivity index (χ0v) is 14.5. The summed E-state index contributed by atoms with van der Waals surface area (Å²) in [6.45, 7) is 1.23. The summed E-state index contributed by atoms with van der Waals surface area (Å²) in [4.78, 5) is 26.9. The Morgan fingerprint density at radius 1 is 1.24 bits per heavy atom. The van der Waals surface area contributed by atoms with Crippen LogP contribution in [0.15, 0.2) is 30.3 Å². The van der Waals surface area contributed by atoms with Crippen LogP contribution in [0.5, 0.6) is 0 Å². The van der Waals surface area contributed by atoms with Crippen molar-refractivity contribution in [3.05, 3.63) is 35.9 Å². The summed E-state index contributed by atoms with van der Waals surface area (Å²) in [5, 5.41) is 0. The third-order valence-corrected chi connectivity index (χ3v) is 6.43. The van der Waals surface area contributed by atoms with E-state index in [9.17, 15) is 9.59 Å². The average Bonchev–Trinajstić information content (AvgIpc) is 3.23. The van der Waals surface area contributed by atoms with Gasteiger partial charge in [0.15, 0.2) is 6.10 Å². The first-order valence-corrected chi connectivity index (χ1v) is 9.33. The molecule has 1 aromatic carbocycles. The van der Waals surface area contributed by atoms with Crippen LogP contribution in [-0.2, 0) is 20.7 Å². The van der Waals surface area contributed by atoms with E-state index in [-0.39, 0.29) is 11.3 Å². The van der Waals surface area contributed by atoms with Gasteiger partial charge in [-0.15, -0.1) is 0 Å². The maximum absolute atomic E-state index is 13.6. The van der Waals surface area contributed by atoms with Crippen LogP contribution < -0.4 is 5.73 Å². The fourth-order valence-electron chi connectivity index (χ4n) is 5.28. The van der Waals surface area contributed by atoms with Crippen molar-refractivity contribution in [1.82, 2.24) is 4.90 Å². The standard InChI is InChI=1S/C20H26N2O3/c21-18(23)17-13-22(8-9-25-17)19(24)20(11-14-4-2-1-3-5-14)12-15-6-7-16(20)10-15/h1-5,15-17H,6-13H2,(H2,21,23)/t15-,16-,17-,20-/m0/s1. The van der Waals surface area contributed by atoms with E-state index in [0.717, 1.165) is 19.3 Å². The first-order chi connectivity index (χ1) is 12.1. The largest absolute Gasteiger partial charge is 0.367 e. The fraction of sp³-hybridized carbons (Fsp3) is 0.600. The van der Waals surface area contributed by atoms with Gasteiger partial charge in [0.2, 0.25) is 11.8 Å². The molecule has 3 aliphatic rings. The molecule has 1 saturated heterocycles. The maximum atomic E-state index is 13.6. The fourth-order valence-corrected chi connectivity index (χ4v) is 5.28. The molecule has 0 aromatic heterocycles. The van der Waals surface area contributed by atoms with E-state index in [2.05, 4.69) is 12.1 Å². The summed E-state index contributed by atoms with van der Waals surface area (Å²) in [7, 11) is 0. The Bertz CT molecular complexity index is 662. The third kappa shape index (κ3) is 2.95. The number of benzene rings is 1. The number of rotatable bonds is 4. The predicted molar refractivity (Wildman–Crippen MR) is 93.5 cm³/mol. The summed E-state index contributed by atoms with van der Waals surface area (Å²) in [6.07, 6.45) is 4.66. The second-order valence-corrected chi connectivity index (χ2v) is 7.91. The van der Waals surface area contributed by atoms with Gasteiger partial charge in [-0.25, -0.2) is 0 Å². The number of primary amides is 1. The molecule has 2 saturated carbocycles. The minimum atomic E-state index is -0.676. The Balaban J connectivity index is 1.60. The van der Waals surface area contributed by atoms with Crippen molar-refractivity contribution in [2.75, 3.05) is 19.7 Å². The van der Waals surface area contributed by atoms with Crippen LogP contribution in [0.3, 0.4) is 0 Å². The molecular formula is C20H26N2O3. The summed E-state index contributed by atoms with van der Waals surface area (Å²) in [6, 6.07) is 10.3. The Kier molecular flexibility index (Phi) is 4.28. The van der Waals surface area contributed by atoms with Gasteiger partial charge in [-0.05, 0) is 43.1 Å². The molecule has 25 heavy (non-hydrogen) atoms. The molecule has 4 rings (SSSR count). The van der Waals surface area contributed by atoms with Gasteiger partial charge in [-0.2, -0.15) is 0 Å². The quantitative estimate of drug-likeness (QED) is 0.906. The molecule has 2 aliphatic carbocycles. The summed E-state index contributed by atoms with van der Waals surface area (Å²) >= 11 is 0. The Morgan fingerprint density at radius 2 is 2.04 bits per heavy atom. The molecule has 0 unspecified atom stereocenters. The van der Waals surface area contributed by atoms with E-state index >= 15 is 0 Å². The topological polar surface area (TPSA) is 72.6 Å². The zero-order valence-electron chi connectivity index (χ0n) is 14.5. The number of carbonyl (C=O) groups is 2. The first-order valence-electron chi connectivity index (χ1n) is 9.33. The molecular weight excluding hydrogens is 316 g/mol. The molecule has 2 amide bonds. The predicted octanol–water partition coefficient (Wildman–Crippen LogP) is 1.75. The molecule has 0 radical (unpaired) electrons. The van der Waals surface area contributed by atoms with Gasteiger partial charge < -0.3 is 15.4 Å². The van der Waals surface area contributed by atoms with Crippen LogP contribution >= 0.6 is 0 Å². The molecule has 2 N–H and O–H groups in total. The van der Waals surface area contributed by atoms with Crippen molar-refractivity contribution >= 4 is 11.8 Å². The van der Waals surface area contributed by atoms with Gasteiger partial charge >= 0.3 is 0 Å². The van der Waals surface area contributed by atoms with Crippen LogP contribution in [0.25, 0.3) is 0 Å². The van der Waals surface area contributed by atoms with E-state index < -0.39 is 12.0 Å². The van der Waals surface area contributed by atoms with Gasteiger partial charge in [0.25, 0.3) is 0 Å². The number of amides is 2. The number of nitrogens with two attached hydrogens (primary N) is 1. The monoisotopic (exact) mass is 342 g/mol. The van der Waals surface area contributed by atoms with Crippen molar-refractivity contribution in [1.29, 1.82) is 0 Å². The van der Waals surface area contributed by atoms with E-state index in [1.807, 2.05) is 23.1 Å². The van der Waals surface area contributed by atoms with Gasteiger partial charge in [-0.3, -0.25) is 9.59 Å². The number of morpholine rings is 1. The van der Waals surface area contributed by atoms with E-state index in [1.165, 1.54) is 18.4 Å². The normalized spacial score (nSPS) is 34.2. The minimum Gasteiger partial charge on any atom is -0.367 e. The number of fused-ring (bicyclic) bond motifs is 2. The van der Waals surface area contributed by atoms with Gasteiger partial charge in [0, 0.05) is 6.54 Å². The van der Waals surface area contributed by atoms with Crippen LogP contribution in [0.1, 0.15) is 31.2 Å². The molecule has 2 bridgehead atoms. The van der Waals surface area contributed by atoms with Crippen LogP contribution in [0.4, 0.5) is 0 Å². The van der Waals surface area contributed by atoms with Crippen LogP contribution in [-0.4, -0.2) is 42.5 Å². The zero-order chi connectivity index (χ0) is 17.4. The van der Waals surface area contributed by atoms with E-state index in [4.69, 9.17) is 10.5 Å². The molecule has 5 nitrogen and oxygen atoms in total. The average molecular weight is 342 g/mol. The second kappa shape index (κ2) is 6.45. The molecule has 134 valence electrons. The smallest absolute Gasteiger partial charge is 0.248 e. The minimum absolute atomic E-state index is 0.207. The molecule has 1 aliphatic heterocycles. The molecule has 4 atom stereocenters. The molecule has 3 fully saturated rings. The summed E-state index contributed by atoms with van der Waals surface area (Å²) < 4.78 is 5.43. The number of hydrogen-bond donors (Lipinski definition) is 1. The Morgan fingerprint density at radius 3 is 2.68 bits per heavy atom. The highest BCUT2D eigenvalue weighted by molar-refractivity contribution is 5.86. The lowest BCUT2D eigenvalue weighted by Gasteiger charge is -2.42. The maximum Gasteiger partial charge on any atom is 0.248 e. The highest BCUT2D eigenvalue weighted by atomic mass is 16.5. The van der Waals surface area contributed by atoms with Crippen molar-refractivity contribution in [3.63, 3.8) is 0 Å². The van der Waals surface area contributed by atoms with E-state index in [1.54, 1.807) is 0 Å². The summed E-state index contributed by atoms with van der Waals surface area (Å²) in [5.41, 5.74) is 6.31. The summed E-state index contributed by atoms with van der Waals surface area (Å²) in [5.74, 6) is 0.853. The van der Waals surface area contributed by atoms with Crippen molar-refractivity contribution < 1.29 is 14.3 Å². The Labute approximate surface area is 148 Å². The molecule has 0 spiro atoms. The van der Waals surface area contributed by atoms with Crippen molar-refractivity contribution in [2.45, 2.75) is 38.2 Å². The number of carbonyl (C=O) groups excluding carboxylic acids is 2. The van der Waals surface area contributed by atoms with E-state index in [0.29, 0.717) is 31.5 Å². The van der Waals surface area contributed by atoms with Crippen molar-refractivity contribution in [2.24, 2.45) is 23.0 Å². The lowest BCUT2D eigenvalue weighted by molar-refractivity contribution is -0.156. The van der Waals surface area contributed by atoms with Crippen LogP contribution in [0, 0.1) is 17.3 Å². The molecule has 1 aromatic rings. The van der Waals surface area contributed by atoms with Crippen LogP contribution in [0.2, 0.25) is 0 Å². The van der Waals surface area contributed by atoms with Crippen molar-refractivity contribution in [3.8, 4) is 0 Å². The second-order valence-electron chi connectivity index (χ2n) is 7.91.